The molecule has 4 rings (SSSR count). The van der Waals surface area contributed by atoms with Crippen molar-refractivity contribution in [1.29, 1.82) is 0 Å². The van der Waals surface area contributed by atoms with E-state index in [9.17, 15) is 0 Å². The summed E-state index contributed by atoms with van der Waals surface area (Å²) in [4.78, 5) is 2.48. The molecule has 2 saturated heterocycles. The first-order chi connectivity index (χ1) is 16.3. The lowest BCUT2D eigenvalue weighted by atomic mass is 10.0. The number of hydrogen-bond donors (Lipinski definition) is 1. The Hall–Kier alpha value is -2.24. The van der Waals surface area contributed by atoms with E-state index < -0.39 is 0 Å². The molecule has 2 aliphatic heterocycles. The second-order valence-corrected chi connectivity index (χ2v) is 9.24. The van der Waals surface area contributed by atoms with Gasteiger partial charge in [-0.3, -0.25) is 4.90 Å². The van der Waals surface area contributed by atoms with Crippen molar-refractivity contribution in [3.8, 4) is 11.5 Å². The average molecular weight is 453 g/mol. The van der Waals surface area contributed by atoms with Crippen LogP contribution in [0.25, 0.3) is 0 Å². The standard InChI is InChI=1S/C28H40N2O3/c1-2-3-8-27(23-10-14-26(15-11-23)33-28-9-4-7-21-32-28)29-24-12-16-25(17-13-24)31-22-20-30-18-5-6-19-30/h10-17,27-29H,2-9,18-22H2,1H3. The van der Waals surface area contributed by atoms with Crippen LogP contribution >= 0.6 is 0 Å². The molecule has 1 N–H and O–H groups in total. The van der Waals surface area contributed by atoms with Gasteiger partial charge in [-0.25, -0.2) is 0 Å². The van der Waals surface area contributed by atoms with Gasteiger partial charge in [-0.2, -0.15) is 0 Å². The molecule has 2 atom stereocenters. The average Bonchev–Trinajstić information content (AvgIpc) is 3.38. The number of rotatable bonds is 12. The molecule has 0 spiro atoms. The van der Waals surface area contributed by atoms with Crippen LogP contribution in [0.2, 0.25) is 0 Å². The normalized spacial score (nSPS) is 19.8. The Morgan fingerprint density at radius 3 is 2.42 bits per heavy atom. The third kappa shape index (κ3) is 7.65. The van der Waals surface area contributed by atoms with E-state index in [-0.39, 0.29) is 12.3 Å². The number of nitrogens with zero attached hydrogens (tertiary/aromatic N) is 1. The third-order valence-corrected chi connectivity index (χ3v) is 6.60. The van der Waals surface area contributed by atoms with Gasteiger partial charge in [0.25, 0.3) is 0 Å². The zero-order valence-corrected chi connectivity index (χ0v) is 20.1. The van der Waals surface area contributed by atoms with Crippen LogP contribution in [-0.2, 0) is 4.74 Å². The van der Waals surface area contributed by atoms with Gasteiger partial charge in [-0.1, -0.05) is 31.9 Å². The van der Waals surface area contributed by atoms with Crippen LogP contribution in [0.4, 0.5) is 5.69 Å². The lowest BCUT2D eigenvalue weighted by Gasteiger charge is -2.24. The molecule has 33 heavy (non-hydrogen) atoms. The maximum absolute atomic E-state index is 6.01. The summed E-state index contributed by atoms with van der Waals surface area (Å²) in [7, 11) is 0. The second-order valence-electron chi connectivity index (χ2n) is 9.24. The summed E-state index contributed by atoms with van der Waals surface area (Å²) in [5.74, 6) is 1.83. The first-order valence-corrected chi connectivity index (χ1v) is 12.9. The molecule has 0 aliphatic carbocycles. The molecule has 180 valence electrons. The van der Waals surface area contributed by atoms with Gasteiger partial charge in [0.05, 0.1) is 12.6 Å². The summed E-state index contributed by atoms with van der Waals surface area (Å²) in [6, 6.07) is 17.2. The fraction of sp³-hybridized carbons (Fsp3) is 0.571. The van der Waals surface area contributed by atoms with Gasteiger partial charge in [0, 0.05) is 18.7 Å². The van der Waals surface area contributed by atoms with Crippen molar-refractivity contribution in [3.05, 3.63) is 54.1 Å². The number of likely N-dealkylation sites (tertiary alicyclic amines) is 1. The van der Waals surface area contributed by atoms with E-state index in [2.05, 4.69) is 65.7 Å². The van der Waals surface area contributed by atoms with Crippen LogP contribution in [0.1, 0.15) is 69.9 Å². The Kier molecular flexibility index (Phi) is 9.31. The van der Waals surface area contributed by atoms with Gasteiger partial charge < -0.3 is 19.5 Å². The predicted molar refractivity (Wildman–Crippen MR) is 134 cm³/mol. The number of unbranched alkanes of at least 4 members (excludes halogenated alkanes) is 1. The van der Waals surface area contributed by atoms with Crippen molar-refractivity contribution in [2.75, 3.05) is 38.2 Å². The summed E-state index contributed by atoms with van der Waals surface area (Å²) < 4.78 is 17.7. The Bertz CT molecular complexity index is 797. The van der Waals surface area contributed by atoms with Crippen molar-refractivity contribution in [2.24, 2.45) is 0 Å². The van der Waals surface area contributed by atoms with Gasteiger partial charge in [0.2, 0.25) is 0 Å². The van der Waals surface area contributed by atoms with Crippen LogP contribution in [0.3, 0.4) is 0 Å². The Balaban J connectivity index is 1.30. The van der Waals surface area contributed by atoms with Crippen LogP contribution in [0.15, 0.2) is 48.5 Å². The summed E-state index contributed by atoms with van der Waals surface area (Å²) in [5.41, 5.74) is 2.41. The molecule has 0 amide bonds. The molecule has 0 radical (unpaired) electrons. The highest BCUT2D eigenvalue weighted by atomic mass is 16.7. The number of hydrogen-bond acceptors (Lipinski definition) is 5. The molecule has 0 saturated carbocycles. The molecule has 0 bridgehead atoms. The van der Waals surface area contributed by atoms with E-state index in [1.165, 1.54) is 50.8 Å². The largest absolute Gasteiger partial charge is 0.492 e. The van der Waals surface area contributed by atoms with Gasteiger partial charge in [0.15, 0.2) is 6.29 Å². The van der Waals surface area contributed by atoms with Crippen LogP contribution in [0.5, 0.6) is 11.5 Å². The molecular formula is C28H40N2O3. The van der Waals surface area contributed by atoms with Crippen molar-refractivity contribution >= 4 is 5.69 Å². The van der Waals surface area contributed by atoms with Gasteiger partial charge in [0.1, 0.15) is 18.1 Å². The SMILES string of the molecule is CCCCC(Nc1ccc(OCCN2CCCC2)cc1)c1ccc(OC2CCCCO2)cc1. The number of anilines is 1. The summed E-state index contributed by atoms with van der Waals surface area (Å²) in [6.45, 7) is 7.25. The van der Waals surface area contributed by atoms with Gasteiger partial charge >= 0.3 is 0 Å². The topological polar surface area (TPSA) is 43.0 Å². The fourth-order valence-corrected chi connectivity index (χ4v) is 4.61. The second kappa shape index (κ2) is 12.9. The smallest absolute Gasteiger partial charge is 0.199 e. The molecule has 2 aromatic rings. The van der Waals surface area contributed by atoms with Crippen molar-refractivity contribution < 1.29 is 14.2 Å². The zero-order valence-electron chi connectivity index (χ0n) is 20.1. The van der Waals surface area contributed by atoms with E-state index >= 15 is 0 Å². The van der Waals surface area contributed by atoms with Gasteiger partial charge in [-0.05, 0) is 87.2 Å². The lowest BCUT2D eigenvalue weighted by molar-refractivity contribution is -0.105. The first-order valence-electron chi connectivity index (χ1n) is 12.9. The molecule has 0 aromatic heterocycles. The monoisotopic (exact) mass is 452 g/mol. The zero-order chi connectivity index (χ0) is 22.7. The number of benzene rings is 2. The quantitative estimate of drug-likeness (QED) is 0.403. The predicted octanol–water partition coefficient (Wildman–Crippen LogP) is 6.41. The Morgan fingerprint density at radius 1 is 0.970 bits per heavy atom. The minimum atomic E-state index is -0.102. The van der Waals surface area contributed by atoms with E-state index in [0.717, 1.165) is 56.2 Å². The molecular weight excluding hydrogens is 412 g/mol. The van der Waals surface area contributed by atoms with Crippen molar-refractivity contribution in [2.45, 2.75) is 70.6 Å². The first kappa shape index (κ1) is 23.9. The van der Waals surface area contributed by atoms with Crippen LogP contribution < -0.4 is 14.8 Å². The van der Waals surface area contributed by atoms with E-state index in [1.54, 1.807) is 0 Å². The third-order valence-electron chi connectivity index (χ3n) is 6.60. The summed E-state index contributed by atoms with van der Waals surface area (Å²) >= 11 is 0. The number of ether oxygens (including phenoxy) is 3. The Labute approximate surface area is 199 Å². The molecule has 2 heterocycles. The maximum Gasteiger partial charge on any atom is 0.199 e. The van der Waals surface area contributed by atoms with E-state index in [0.29, 0.717) is 0 Å². The maximum atomic E-state index is 6.01. The fourth-order valence-electron chi connectivity index (χ4n) is 4.61. The van der Waals surface area contributed by atoms with E-state index in [4.69, 9.17) is 14.2 Å². The van der Waals surface area contributed by atoms with Gasteiger partial charge in [-0.15, -0.1) is 0 Å². The van der Waals surface area contributed by atoms with Crippen molar-refractivity contribution in [3.63, 3.8) is 0 Å². The van der Waals surface area contributed by atoms with Crippen LogP contribution in [-0.4, -0.2) is 44.0 Å². The highest BCUT2D eigenvalue weighted by molar-refractivity contribution is 5.48. The minimum absolute atomic E-state index is 0.102. The summed E-state index contributed by atoms with van der Waals surface area (Å²) in [6.07, 6.45) is 9.29. The highest BCUT2D eigenvalue weighted by Gasteiger charge is 2.16. The summed E-state index contributed by atoms with van der Waals surface area (Å²) in [5, 5.41) is 3.73. The van der Waals surface area contributed by atoms with Crippen molar-refractivity contribution in [1.82, 2.24) is 4.90 Å². The molecule has 2 fully saturated rings. The molecule has 2 aliphatic rings. The minimum Gasteiger partial charge on any atom is -0.492 e. The van der Waals surface area contributed by atoms with Crippen LogP contribution in [0, 0.1) is 0 Å². The molecule has 2 aromatic carbocycles. The number of nitrogens with one attached hydrogen (secondary N) is 1. The molecule has 5 nitrogen and oxygen atoms in total. The lowest BCUT2D eigenvalue weighted by Crippen LogP contribution is -2.25. The highest BCUT2D eigenvalue weighted by Crippen LogP contribution is 2.28. The molecule has 2 unspecified atom stereocenters. The van der Waals surface area contributed by atoms with E-state index in [1.807, 2.05) is 0 Å². The Morgan fingerprint density at radius 2 is 1.73 bits per heavy atom. The molecule has 5 heteroatoms.